The number of amides is 2. The van der Waals surface area contributed by atoms with E-state index < -0.39 is 0 Å². The lowest BCUT2D eigenvalue weighted by Gasteiger charge is -2.56. The molecule has 0 atom stereocenters. The van der Waals surface area contributed by atoms with Crippen molar-refractivity contribution in [1.82, 2.24) is 10.9 Å². The molecular weight excluding hydrogens is 338 g/mol. The van der Waals surface area contributed by atoms with Gasteiger partial charge in [-0.1, -0.05) is 12.1 Å². The number of nitriles is 1. The van der Waals surface area contributed by atoms with Gasteiger partial charge < -0.3 is 0 Å². The molecule has 4 aliphatic rings. The van der Waals surface area contributed by atoms with Gasteiger partial charge in [0.05, 0.1) is 11.6 Å². The molecule has 0 saturated heterocycles. The molecule has 4 fully saturated rings. The fraction of sp³-hybridized carbons (Fsp3) is 0.591. The van der Waals surface area contributed by atoms with Crippen molar-refractivity contribution in [2.24, 2.45) is 23.2 Å². The maximum absolute atomic E-state index is 12.4. The van der Waals surface area contributed by atoms with E-state index >= 15 is 0 Å². The molecule has 0 aromatic heterocycles. The largest absolute Gasteiger partial charge is 0.273 e. The van der Waals surface area contributed by atoms with Gasteiger partial charge in [0.1, 0.15) is 0 Å². The Labute approximate surface area is 160 Å². The zero-order chi connectivity index (χ0) is 18.9. The number of carbonyl (C=O) groups is 2. The predicted molar refractivity (Wildman–Crippen MR) is 101 cm³/mol. The number of aryl methyl sites for hydroxylation is 1. The van der Waals surface area contributed by atoms with E-state index in [9.17, 15) is 9.59 Å². The molecular formula is C22H27N3O2. The van der Waals surface area contributed by atoms with Crippen molar-refractivity contribution >= 4 is 11.8 Å². The molecule has 1 aromatic rings. The Morgan fingerprint density at radius 3 is 2.07 bits per heavy atom. The van der Waals surface area contributed by atoms with Gasteiger partial charge in [0.15, 0.2) is 0 Å². The van der Waals surface area contributed by atoms with Gasteiger partial charge in [-0.3, -0.25) is 20.4 Å². The van der Waals surface area contributed by atoms with Crippen molar-refractivity contribution in [2.45, 2.75) is 57.8 Å². The molecule has 4 saturated carbocycles. The fourth-order valence-corrected chi connectivity index (χ4v) is 6.10. The second-order valence-corrected chi connectivity index (χ2v) is 9.00. The first-order valence-electron chi connectivity index (χ1n) is 10.1. The quantitative estimate of drug-likeness (QED) is 0.786. The van der Waals surface area contributed by atoms with Crippen molar-refractivity contribution < 1.29 is 9.59 Å². The summed E-state index contributed by atoms with van der Waals surface area (Å²) in [6.07, 6.45) is 9.13. The summed E-state index contributed by atoms with van der Waals surface area (Å²) in [5.41, 5.74) is 7.00. The van der Waals surface area contributed by atoms with Gasteiger partial charge >= 0.3 is 0 Å². The third-order valence-electron chi connectivity index (χ3n) is 6.77. The number of rotatable bonds is 5. The second-order valence-electron chi connectivity index (χ2n) is 9.00. The molecule has 1 aromatic carbocycles. The van der Waals surface area contributed by atoms with E-state index in [2.05, 4.69) is 16.9 Å². The summed E-state index contributed by atoms with van der Waals surface area (Å²) in [6.45, 7) is 0. The van der Waals surface area contributed by atoms with Crippen LogP contribution in [0, 0.1) is 34.5 Å². The first kappa shape index (κ1) is 18.0. The molecule has 0 heterocycles. The van der Waals surface area contributed by atoms with Crippen molar-refractivity contribution in [3.63, 3.8) is 0 Å². The third kappa shape index (κ3) is 4.16. The molecule has 142 valence electrons. The third-order valence-corrected chi connectivity index (χ3v) is 6.77. The molecule has 27 heavy (non-hydrogen) atoms. The number of nitrogens with zero attached hydrogens (tertiary/aromatic N) is 1. The first-order valence-corrected chi connectivity index (χ1v) is 10.1. The van der Waals surface area contributed by atoms with Crippen LogP contribution in [-0.2, 0) is 16.0 Å². The number of hydrazine groups is 1. The number of nitrogens with one attached hydrogen (secondary N) is 2. The second kappa shape index (κ2) is 7.34. The molecule has 2 amide bonds. The highest BCUT2D eigenvalue weighted by molar-refractivity contribution is 5.82. The molecule has 5 heteroatoms. The average Bonchev–Trinajstić information content (AvgIpc) is 2.63. The van der Waals surface area contributed by atoms with Gasteiger partial charge in [-0.25, -0.2) is 0 Å². The summed E-state index contributed by atoms with van der Waals surface area (Å²) in [4.78, 5) is 24.5. The van der Waals surface area contributed by atoms with Crippen molar-refractivity contribution in [3.05, 3.63) is 35.4 Å². The minimum atomic E-state index is -0.182. The lowest BCUT2D eigenvalue weighted by molar-refractivity contribution is -0.134. The molecule has 4 aliphatic carbocycles. The number of hydrogen-bond donors (Lipinski definition) is 2. The summed E-state index contributed by atoms with van der Waals surface area (Å²) >= 11 is 0. The van der Waals surface area contributed by atoms with Gasteiger partial charge in [0.25, 0.3) is 0 Å². The molecule has 5 nitrogen and oxygen atoms in total. The van der Waals surface area contributed by atoms with E-state index in [0.29, 0.717) is 24.8 Å². The minimum Gasteiger partial charge on any atom is -0.273 e. The fourth-order valence-electron chi connectivity index (χ4n) is 6.10. The van der Waals surface area contributed by atoms with E-state index in [0.717, 1.165) is 23.3 Å². The SMILES string of the molecule is N#Cc1ccc(CCC(=O)NNC(=O)CC23CC4CC(CC(C4)C2)C3)cc1. The molecule has 0 unspecified atom stereocenters. The summed E-state index contributed by atoms with van der Waals surface area (Å²) in [5.74, 6) is 2.24. The van der Waals surface area contributed by atoms with E-state index in [1.807, 2.05) is 12.1 Å². The number of hydrogen-bond acceptors (Lipinski definition) is 3. The van der Waals surface area contributed by atoms with Crippen molar-refractivity contribution in [2.75, 3.05) is 0 Å². The summed E-state index contributed by atoms with van der Waals surface area (Å²) in [7, 11) is 0. The van der Waals surface area contributed by atoms with E-state index in [1.165, 1.54) is 38.5 Å². The van der Waals surface area contributed by atoms with Crippen LogP contribution in [0.4, 0.5) is 0 Å². The van der Waals surface area contributed by atoms with Crippen LogP contribution >= 0.6 is 0 Å². The zero-order valence-corrected chi connectivity index (χ0v) is 15.7. The van der Waals surface area contributed by atoms with E-state index in [1.54, 1.807) is 12.1 Å². The highest BCUT2D eigenvalue weighted by Crippen LogP contribution is 2.61. The topological polar surface area (TPSA) is 82.0 Å². The smallest absolute Gasteiger partial charge is 0.238 e. The van der Waals surface area contributed by atoms with Gasteiger partial charge in [0.2, 0.25) is 11.8 Å². The Morgan fingerprint density at radius 2 is 1.52 bits per heavy atom. The highest BCUT2D eigenvalue weighted by Gasteiger charge is 2.51. The van der Waals surface area contributed by atoms with E-state index in [-0.39, 0.29) is 17.2 Å². The molecule has 0 spiro atoms. The Morgan fingerprint density at radius 1 is 0.963 bits per heavy atom. The van der Waals surface area contributed by atoms with Crippen LogP contribution in [0.3, 0.4) is 0 Å². The van der Waals surface area contributed by atoms with Crippen LogP contribution in [-0.4, -0.2) is 11.8 Å². The Hall–Kier alpha value is -2.35. The first-order chi connectivity index (χ1) is 13.0. The lowest BCUT2D eigenvalue weighted by Crippen LogP contribution is -2.50. The van der Waals surface area contributed by atoms with Gasteiger partial charge in [-0.15, -0.1) is 0 Å². The van der Waals surface area contributed by atoms with Crippen molar-refractivity contribution in [3.8, 4) is 6.07 Å². The molecule has 0 radical (unpaired) electrons. The van der Waals surface area contributed by atoms with Crippen LogP contribution in [0.5, 0.6) is 0 Å². The zero-order valence-electron chi connectivity index (χ0n) is 15.7. The highest BCUT2D eigenvalue weighted by atomic mass is 16.2. The minimum absolute atomic E-state index is 0.0522. The Kier molecular flexibility index (Phi) is 4.90. The van der Waals surface area contributed by atoms with Crippen LogP contribution in [0.1, 0.15) is 62.5 Å². The van der Waals surface area contributed by atoms with Gasteiger partial charge in [0, 0.05) is 12.8 Å². The maximum Gasteiger partial charge on any atom is 0.238 e. The monoisotopic (exact) mass is 365 g/mol. The van der Waals surface area contributed by atoms with Crippen LogP contribution in [0.25, 0.3) is 0 Å². The Bertz CT molecular complexity index is 727. The van der Waals surface area contributed by atoms with Crippen LogP contribution < -0.4 is 10.9 Å². The summed E-state index contributed by atoms with van der Waals surface area (Å²) in [6, 6.07) is 9.30. The van der Waals surface area contributed by atoms with Crippen molar-refractivity contribution in [1.29, 1.82) is 5.26 Å². The number of benzene rings is 1. The summed E-state index contributed by atoms with van der Waals surface area (Å²) < 4.78 is 0. The van der Waals surface area contributed by atoms with E-state index in [4.69, 9.17) is 5.26 Å². The van der Waals surface area contributed by atoms with Gasteiger partial charge in [-0.05, 0) is 85.8 Å². The maximum atomic E-state index is 12.4. The molecule has 4 bridgehead atoms. The average molecular weight is 365 g/mol. The lowest BCUT2D eigenvalue weighted by atomic mass is 9.49. The Balaban J connectivity index is 1.21. The van der Waals surface area contributed by atoms with Crippen LogP contribution in [0.2, 0.25) is 0 Å². The van der Waals surface area contributed by atoms with Crippen LogP contribution in [0.15, 0.2) is 24.3 Å². The normalized spacial score (nSPS) is 30.6. The predicted octanol–water partition coefficient (Wildman–Crippen LogP) is 3.24. The molecule has 5 rings (SSSR count). The number of carbonyl (C=O) groups excluding carboxylic acids is 2. The summed E-state index contributed by atoms with van der Waals surface area (Å²) in [5, 5.41) is 8.80. The standard InChI is InChI=1S/C22H27N3O2/c23-14-16-3-1-15(2-4-16)5-6-20(26)24-25-21(27)13-22-10-17-7-18(11-22)9-19(8-17)12-22/h1-4,17-19H,5-13H2,(H,24,26)(H,25,27). The van der Waals surface area contributed by atoms with Gasteiger partial charge in [-0.2, -0.15) is 5.26 Å². The molecule has 2 N–H and O–H groups in total. The molecule has 0 aliphatic heterocycles.